The molecule has 1 fully saturated rings. The van der Waals surface area contributed by atoms with Crippen LogP contribution in [0.2, 0.25) is 5.02 Å². The summed E-state index contributed by atoms with van der Waals surface area (Å²) in [4.78, 5) is 28.7. The van der Waals surface area contributed by atoms with Gasteiger partial charge in [0.15, 0.2) is 0 Å². The van der Waals surface area contributed by atoms with Crippen molar-refractivity contribution in [1.82, 2.24) is 20.2 Å². The zero-order chi connectivity index (χ0) is 29.4. The SMILES string of the molecule is CNC1(C)CCN(C(=O)c2ccc(Nc3ncc4c(n3)-c3ccc(Cl)cc3C(c3c(F)cccc3F)=NC4)cc2)CC1. The Morgan fingerprint density at radius 1 is 1.00 bits per heavy atom. The van der Waals surface area contributed by atoms with Gasteiger partial charge in [-0.25, -0.2) is 18.7 Å². The molecule has 0 bridgehead atoms. The van der Waals surface area contributed by atoms with Crippen LogP contribution < -0.4 is 10.6 Å². The summed E-state index contributed by atoms with van der Waals surface area (Å²) in [7, 11) is 1.96. The third-order valence-corrected chi connectivity index (χ3v) is 8.34. The maximum atomic E-state index is 14.8. The Morgan fingerprint density at radius 2 is 1.71 bits per heavy atom. The standard InChI is InChI=1S/C32H29ClF2N6O/c1-32(36-2)12-14-41(15-13-32)30(42)19-6-9-22(10-7-19)39-31-38-18-20-17-37-29(27-25(34)4-3-5-26(27)35)24-16-21(33)8-11-23(24)28(20)40-31/h3-11,16,18,36H,12-15,17H2,1-2H3,(H,38,39,40). The minimum absolute atomic E-state index is 0.0124. The van der Waals surface area contributed by atoms with E-state index in [-0.39, 0.29) is 29.3 Å². The van der Waals surface area contributed by atoms with Gasteiger partial charge in [-0.05, 0) is 75.3 Å². The van der Waals surface area contributed by atoms with Crippen molar-refractivity contribution < 1.29 is 13.6 Å². The predicted octanol–water partition coefficient (Wildman–Crippen LogP) is 6.38. The number of anilines is 2. The number of aliphatic imine (C=N–C) groups is 1. The van der Waals surface area contributed by atoms with Crippen molar-refractivity contribution in [3.05, 3.63) is 106 Å². The second kappa shape index (κ2) is 11.2. The van der Waals surface area contributed by atoms with Crippen molar-refractivity contribution in [1.29, 1.82) is 0 Å². The molecule has 0 unspecified atom stereocenters. The van der Waals surface area contributed by atoms with Gasteiger partial charge in [-0.3, -0.25) is 9.79 Å². The summed E-state index contributed by atoms with van der Waals surface area (Å²) in [6.07, 6.45) is 3.46. The Hall–Kier alpha value is -4.21. The predicted molar refractivity (Wildman–Crippen MR) is 161 cm³/mol. The van der Waals surface area contributed by atoms with Crippen LogP contribution in [-0.4, -0.2) is 52.2 Å². The highest BCUT2D eigenvalue weighted by Gasteiger charge is 2.31. The summed E-state index contributed by atoms with van der Waals surface area (Å²) in [5, 5.41) is 6.96. The van der Waals surface area contributed by atoms with Gasteiger partial charge in [-0.1, -0.05) is 23.7 Å². The third-order valence-electron chi connectivity index (χ3n) is 8.11. The summed E-state index contributed by atoms with van der Waals surface area (Å²) in [6, 6.07) is 16.1. The lowest BCUT2D eigenvalue weighted by Gasteiger charge is -2.39. The number of carbonyl (C=O) groups excluding carboxylic acids is 1. The lowest BCUT2D eigenvalue weighted by molar-refractivity contribution is 0.0662. The molecule has 0 spiro atoms. The number of nitrogens with zero attached hydrogens (tertiary/aromatic N) is 4. The fourth-order valence-corrected chi connectivity index (χ4v) is 5.56. The number of hydrogen-bond acceptors (Lipinski definition) is 6. The third kappa shape index (κ3) is 5.37. The highest BCUT2D eigenvalue weighted by molar-refractivity contribution is 6.31. The van der Waals surface area contributed by atoms with Crippen LogP contribution in [0.25, 0.3) is 11.3 Å². The van der Waals surface area contributed by atoms with E-state index < -0.39 is 11.6 Å². The molecule has 10 heteroatoms. The van der Waals surface area contributed by atoms with E-state index in [0.717, 1.165) is 12.8 Å². The zero-order valence-electron chi connectivity index (χ0n) is 23.2. The smallest absolute Gasteiger partial charge is 0.253 e. The minimum atomic E-state index is -0.710. The maximum absolute atomic E-state index is 14.8. The largest absolute Gasteiger partial charge is 0.339 e. The second-order valence-corrected chi connectivity index (χ2v) is 11.3. The molecule has 7 nitrogen and oxygen atoms in total. The molecule has 0 saturated carbocycles. The Morgan fingerprint density at radius 3 is 2.40 bits per heavy atom. The van der Waals surface area contributed by atoms with E-state index >= 15 is 0 Å². The Balaban J connectivity index is 1.25. The molecule has 1 aromatic heterocycles. The number of likely N-dealkylation sites (tertiary alicyclic amines) is 1. The van der Waals surface area contributed by atoms with Crippen LogP contribution in [0.4, 0.5) is 20.4 Å². The first kappa shape index (κ1) is 27.9. The fourth-order valence-electron chi connectivity index (χ4n) is 5.38. The molecule has 4 aromatic rings. The molecular weight excluding hydrogens is 558 g/mol. The second-order valence-electron chi connectivity index (χ2n) is 10.8. The molecule has 2 aliphatic rings. The van der Waals surface area contributed by atoms with Crippen LogP contribution in [0.5, 0.6) is 0 Å². The monoisotopic (exact) mass is 586 g/mol. The quantitative estimate of drug-likeness (QED) is 0.283. The molecular formula is C32H29ClF2N6O. The van der Waals surface area contributed by atoms with Gasteiger partial charge in [-0.2, -0.15) is 0 Å². The van der Waals surface area contributed by atoms with E-state index in [1.807, 2.05) is 24.1 Å². The molecule has 214 valence electrons. The topological polar surface area (TPSA) is 82.5 Å². The van der Waals surface area contributed by atoms with Crippen molar-refractivity contribution in [3.63, 3.8) is 0 Å². The normalized spacial score (nSPS) is 15.7. The number of fused-ring (bicyclic) bond motifs is 3. The van der Waals surface area contributed by atoms with Crippen molar-refractivity contribution in [2.24, 2.45) is 4.99 Å². The first-order valence-corrected chi connectivity index (χ1v) is 14.1. The molecule has 1 saturated heterocycles. The van der Waals surface area contributed by atoms with E-state index in [9.17, 15) is 13.6 Å². The van der Waals surface area contributed by atoms with Gasteiger partial charge in [0, 0.05) is 57.8 Å². The zero-order valence-corrected chi connectivity index (χ0v) is 24.0. The molecule has 6 rings (SSSR count). The first-order valence-electron chi connectivity index (χ1n) is 13.7. The highest BCUT2D eigenvalue weighted by Crippen LogP contribution is 2.35. The van der Waals surface area contributed by atoms with Crippen LogP contribution >= 0.6 is 11.6 Å². The van der Waals surface area contributed by atoms with Gasteiger partial charge in [0.25, 0.3) is 5.91 Å². The van der Waals surface area contributed by atoms with Crippen LogP contribution in [0.3, 0.4) is 0 Å². The summed E-state index contributed by atoms with van der Waals surface area (Å²) in [5.41, 5.74) is 3.74. The van der Waals surface area contributed by atoms with Crippen molar-refractivity contribution in [3.8, 4) is 11.3 Å². The fraction of sp³-hybridized carbons (Fsp3) is 0.250. The summed E-state index contributed by atoms with van der Waals surface area (Å²) in [6.45, 7) is 3.73. The van der Waals surface area contributed by atoms with Crippen LogP contribution in [0, 0.1) is 11.6 Å². The number of amides is 1. The number of rotatable bonds is 5. The maximum Gasteiger partial charge on any atom is 0.253 e. The van der Waals surface area contributed by atoms with E-state index in [2.05, 4.69) is 27.5 Å². The highest BCUT2D eigenvalue weighted by atomic mass is 35.5. The van der Waals surface area contributed by atoms with Gasteiger partial charge in [0.1, 0.15) is 11.6 Å². The molecule has 3 heterocycles. The van der Waals surface area contributed by atoms with Gasteiger partial charge in [0.2, 0.25) is 5.95 Å². The van der Waals surface area contributed by atoms with E-state index in [1.165, 1.54) is 18.2 Å². The van der Waals surface area contributed by atoms with Gasteiger partial charge in [0.05, 0.1) is 23.5 Å². The number of piperidine rings is 1. The molecule has 1 amide bonds. The van der Waals surface area contributed by atoms with Crippen molar-refractivity contribution in [2.45, 2.75) is 31.8 Å². The molecule has 0 aliphatic carbocycles. The molecule has 2 N–H and O–H groups in total. The van der Waals surface area contributed by atoms with Gasteiger partial charge < -0.3 is 15.5 Å². The van der Waals surface area contributed by atoms with Gasteiger partial charge in [-0.15, -0.1) is 0 Å². The Bertz CT molecular complexity index is 1680. The van der Waals surface area contributed by atoms with Crippen LogP contribution in [0.15, 0.2) is 71.9 Å². The molecule has 3 aromatic carbocycles. The molecule has 0 radical (unpaired) electrons. The van der Waals surface area contributed by atoms with Crippen LogP contribution in [0.1, 0.15) is 46.8 Å². The van der Waals surface area contributed by atoms with Crippen molar-refractivity contribution in [2.75, 3.05) is 25.5 Å². The minimum Gasteiger partial charge on any atom is -0.339 e. The molecule has 2 aliphatic heterocycles. The number of hydrogen-bond donors (Lipinski definition) is 2. The van der Waals surface area contributed by atoms with E-state index in [1.54, 1.807) is 36.5 Å². The summed E-state index contributed by atoms with van der Waals surface area (Å²) in [5.74, 6) is -1.08. The number of halogens is 3. The molecule has 0 atom stereocenters. The number of nitrogens with one attached hydrogen (secondary N) is 2. The average molecular weight is 587 g/mol. The van der Waals surface area contributed by atoms with Crippen LogP contribution in [-0.2, 0) is 6.54 Å². The lowest BCUT2D eigenvalue weighted by Crippen LogP contribution is -2.51. The van der Waals surface area contributed by atoms with Crippen molar-refractivity contribution >= 4 is 34.9 Å². The average Bonchev–Trinajstić information content (AvgIpc) is 3.14. The van der Waals surface area contributed by atoms with E-state index in [4.69, 9.17) is 16.6 Å². The number of benzene rings is 3. The first-order chi connectivity index (χ1) is 20.2. The Labute approximate surface area is 247 Å². The summed E-state index contributed by atoms with van der Waals surface area (Å²) >= 11 is 6.31. The summed E-state index contributed by atoms with van der Waals surface area (Å²) < 4.78 is 29.6. The number of carbonyl (C=O) groups is 1. The van der Waals surface area contributed by atoms with E-state index in [0.29, 0.717) is 57.7 Å². The number of aromatic nitrogens is 2. The lowest BCUT2D eigenvalue weighted by atomic mass is 9.89. The Kier molecular flexibility index (Phi) is 7.47. The van der Waals surface area contributed by atoms with Gasteiger partial charge >= 0.3 is 0 Å². The molecule has 42 heavy (non-hydrogen) atoms.